The second-order valence-electron chi connectivity index (χ2n) is 7.91. The molecule has 1 fully saturated rings. The van der Waals surface area contributed by atoms with Crippen molar-refractivity contribution >= 4 is 50.5 Å². The van der Waals surface area contributed by atoms with Gasteiger partial charge in [-0.15, -0.1) is 0 Å². The van der Waals surface area contributed by atoms with Crippen molar-refractivity contribution in [3.63, 3.8) is 0 Å². The molecule has 1 saturated heterocycles. The highest BCUT2D eigenvalue weighted by Crippen LogP contribution is 2.30. The van der Waals surface area contributed by atoms with Crippen LogP contribution in [0.1, 0.15) is 43.5 Å². The number of hydrogen-bond acceptors (Lipinski definition) is 6. The molecule has 0 aliphatic carbocycles. The first kappa shape index (κ1) is 22.1. The van der Waals surface area contributed by atoms with Crippen molar-refractivity contribution in [1.82, 2.24) is 25.1 Å². The first-order chi connectivity index (χ1) is 15.0. The summed E-state index contributed by atoms with van der Waals surface area (Å²) in [5, 5.41) is 9.70. The van der Waals surface area contributed by atoms with Crippen LogP contribution >= 0.6 is 27.7 Å². The number of fused-ring (bicyclic) bond motifs is 1. The Labute approximate surface area is 195 Å². The van der Waals surface area contributed by atoms with E-state index in [-0.39, 0.29) is 5.91 Å². The Balaban J connectivity index is 1.53. The number of carbonyl (C=O) groups is 1. The molecule has 164 valence electrons. The monoisotopic (exact) mass is 502 g/mol. The molecule has 2 aromatic heterocycles. The summed E-state index contributed by atoms with van der Waals surface area (Å²) >= 11 is 5.06. The number of aromatic nitrogens is 4. The van der Waals surface area contributed by atoms with Crippen molar-refractivity contribution in [3.8, 4) is 0 Å². The molecule has 31 heavy (non-hydrogen) atoms. The number of rotatable bonds is 7. The third-order valence-corrected chi connectivity index (χ3v) is 6.56. The first-order valence-corrected chi connectivity index (χ1v) is 12.4. The average Bonchev–Trinajstić information content (AvgIpc) is 3.16. The standard InChI is InChI=1S/C22H27BrN6OS/c1-15(2)31-22-26-19(28-11-4-3-5-12-28)18-14-25-29(20(18)27-22)13-10-24-21(30)16-6-8-17(23)9-7-16/h6-9,14-15H,3-5,10-13H2,1-2H3,(H,24,30). The highest BCUT2D eigenvalue weighted by Gasteiger charge is 2.20. The van der Waals surface area contributed by atoms with Crippen molar-refractivity contribution in [2.75, 3.05) is 24.5 Å². The molecule has 3 aromatic rings. The minimum atomic E-state index is -0.0938. The second kappa shape index (κ2) is 9.99. The van der Waals surface area contributed by atoms with Crippen molar-refractivity contribution in [1.29, 1.82) is 0 Å². The van der Waals surface area contributed by atoms with Gasteiger partial charge >= 0.3 is 0 Å². The number of piperidine rings is 1. The smallest absolute Gasteiger partial charge is 0.251 e. The van der Waals surface area contributed by atoms with E-state index in [9.17, 15) is 4.79 Å². The number of amides is 1. The third-order valence-electron chi connectivity index (χ3n) is 5.17. The molecule has 7 nitrogen and oxygen atoms in total. The zero-order valence-corrected chi connectivity index (χ0v) is 20.2. The van der Waals surface area contributed by atoms with E-state index in [0.717, 1.165) is 39.6 Å². The minimum absolute atomic E-state index is 0.0938. The molecule has 4 rings (SSSR count). The number of hydrogen-bond donors (Lipinski definition) is 1. The maximum absolute atomic E-state index is 12.4. The molecule has 0 atom stereocenters. The molecule has 0 saturated carbocycles. The van der Waals surface area contributed by atoms with Gasteiger partial charge < -0.3 is 10.2 Å². The number of thioether (sulfide) groups is 1. The van der Waals surface area contributed by atoms with Crippen LogP contribution in [-0.2, 0) is 6.54 Å². The highest BCUT2D eigenvalue weighted by molar-refractivity contribution is 9.10. The lowest BCUT2D eigenvalue weighted by Gasteiger charge is -2.28. The molecular formula is C22H27BrN6OS. The molecule has 0 bridgehead atoms. The van der Waals surface area contributed by atoms with Crippen LogP contribution in [0.3, 0.4) is 0 Å². The van der Waals surface area contributed by atoms with Gasteiger partial charge in [0.25, 0.3) is 5.91 Å². The summed E-state index contributed by atoms with van der Waals surface area (Å²) in [5.41, 5.74) is 1.47. The van der Waals surface area contributed by atoms with E-state index in [1.54, 1.807) is 23.9 Å². The topological polar surface area (TPSA) is 75.9 Å². The fourth-order valence-corrected chi connectivity index (χ4v) is 4.64. The molecule has 1 aliphatic heterocycles. The van der Waals surface area contributed by atoms with Crippen molar-refractivity contribution in [2.45, 2.75) is 50.1 Å². The molecule has 0 radical (unpaired) electrons. The predicted octanol–water partition coefficient (Wildman–Crippen LogP) is 4.51. The quantitative estimate of drug-likeness (QED) is 0.378. The van der Waals surface area contributed by atoms with E-state index in [4.69, 9.17) is 9.97 Å². The number of halogens is 1. The Morgan fingerprint density at radius 3 is 2.61 bits per heavy atom. The maximum atomic E-state index is 12.4. The van der Waals surface area contributed by atoms with Gasteiger partial charge in [-0.1, -0.05) is 41.5 Å². The predicted molar refractivity (Wildman–Crippen MR) is 129 cm³/mol. The summed E-state index contributed by atoms with van der Waals surface area (Å²) in [6, 6.07) is 7.33. The van der Waals surface area contributed by atoms with E-state index in [1.807, 2.05) is 23.0 Å². The van der Waals surface area contributed by atoms with Gasteiger partial charge in [-0.25, -0.2) is 14.6 Å². The maximum Gasteiger partial charge on any atom is 0.251 e. The van der Waals surface area contributed by atoms with E-state index >= 15 is 0 Å². The average molecular weight is 503 g/mol. The minimum Gasteiger partial charge on any atom is -0.356 e. The molecule has 0 spiro atoms. The van der Waals surface area contributed by atoms with E-state index in [1.165, 1.54) is 19.3 Å². The third kappa shape index (κ3) is 5.38. The number of anilines is 1. The van der Waals surface area contributed by atoms with Crippen LogP contribution in [0.4, 0.5) is 5.82 Å². The zero-order valence-electron chi connectivity index (χ0n) is 17.8. The largest absolute Gasteiger partial charge is 0.356 e. The molecule has 1 N–H and O–H groups in total. The van der Waals surface area contributed by atoms with Crippen LogP contribution < -0.4 is 10.2 Å². The second-order valence-corrected chi connectivity index (χ2v) is 10.4. The van der Waals surface area contributed by atoms with Gasteiger partial charge in [0.05, 0.1) is 18.1 Å². The molecule has 1 aromatic carbocycles. The Bertz CT molecular complexity index is 1050. The van der Waals surface area contributed by atoms with Crippen LogP contribution in [0.2, 0.25) is 0 Å². The first-order valence-electron chi connectivity index (χ1n) is 10.7. The Morgan fingerprint density at radius 2 is 1.90 bits per heavy atom. The lowest BCUT2D eigenvalue weighted by molar-refractivity contribution is 0.0952. The molecule has 0 unspecified atom stereocenters. The van der Waals surface area contributed by atoms with E-state index in [0.29, 0.717) is 23.9 Å². The Hall–Kier alpha value is -2.13. The van der Waals surface area contributed by atoms with Crippen molar-refractivity contribution < 1.29 is 4.79 Å². The fourth-order valence-electron chi connectivity index (χ4n) is 3.67. The summed E-state index contributed by atoms with van der Waals surface area (Å²) in [5.74, 6) is 0.890. The van der Waals surface area contributed by atoms with Gasteiger partial charge in [0.2, 0.25) is 0 Å². The number of nitrogens with zero attached hydrogens (tertiary/aromatic N) is 5. The highest BCUT2D eigenvalue weighted by atomic mass is 79.9. The normalized spacial score (nSPS) is 14.4. The summed E-state index contributed by atoms with van der Waals surface area (Å²) in [7, 11) is 0. The van der Waals surface area contributed by atoms with Crippen LogP contribution in [-0.4, -0.2) is 50.5 Å². The summed E-state index contributed by atoms with van der Waals surface area (Å²) in [6.07, 6.45) is 5.51. The van der Waals surface area contributed by atoms with Crippen molar-refractivity contribution in [2.24, 2.45) is 0 Å². The summed E-state index contributed by atoms with van der Waals surface area (Å²) in [4.78, 5) is 24.4. The SMILES string of the molecule is CC(C)Sc1nc(N2CCCCC2)c2cnn(CCNC(=O)c3ccc(Br)cc3)c2n1. The van der Waals surface area contributed by atoms with Gasteiger partial charge in [-0.2, -0.15) is 5.10 Å². The van der Waals surface area contributed by atoms with Gasteiger partial charge in [-0.3, -0.25) is 4.79 Å². The fraction of sp³-hybridized carbons (Fsp3) is 0.455. The van der Waals surface area contributed by atoms with Crippen LogP contribution in [0.5, 0.6) is 0 Å². The molecule has 1 amide bonds. The van der Waals surface area contributed by atoms with Crippen molar-refractivity contribution in [3.05, 3.63) is 40.5 Å². The lowest BCUT2D eigenvalue weighted by atomic mass is 10.1. The van der Waals surface area contributed by atoms with E-state index in [2.05, 4.69) is 45.1 Å². The molecular weight excluding hydrogens is 476 g/mol. The summed E-state index contributed by atoms with van der Waals surface area (Å²) in [6.45, 7) is 7.36. The molecule has 9 heteroatoms. The number of carbonyl (C=O) groups excluding carboxylic acids is 1. The van der Waals surface area contributed by atoms with Gasteiger partial charge in [0.15, 0.2) is 10.8 Å². The molecule has 1 aliphatic rings. The van der Waals surface area contributed by atoms with Crippen LogP contribution in [0, 0.1) is 0 Å². The van der Waals surface area contributed by atoms with Gasteiger partial charge in [0, 0.05) is 34.9 Å². The number of benzene rings is 1. The van der Waals surface area contributed by atoms with Crippen LogP contribution in [0.15, 0.2) is 40.1 Å². The Kier molecular flexibility index (Phi) is 7.12. The van der Waals surface area contributed by atoms with Gasteiger partial charge in [0.1, 0.15) is 5.82 Å². The Morgan fingerprint density at radius 1 is 1.16 bits per heavy atom. The molecule has 3 heterocycles. The van der Waals surface area contributed by atoms with Gasteiger partial charge in [-0.05, 0) is 43.5 Å². The zero-order chi connectivity index (χ0) is 21.8. The summed E-state index contributed by atoms with van der Waals surface area (Å²) < 4.78 is 2.82. The van der Waals surface area contributed by atoms with Crippen LogP contribution in [0.25, 0.3) is 11.0 Å². The number of nitrogens with one attached hydrogen (secondary N) is 1. The van der Waals surface area contributed by atoms with E-state index < -0.39 is 0 Å². The lowest BCUT2D eigenvalue weighted by Crippen LogP contribution is -2.30.